The van der Waals surface area contributed by atoms with Gasteiger partial charge in [-0.25, -0.2) is 4.79 Å². The molecule has 11 nitrogen and oxygen atoms in total. The Labute approximate surface area is 148 Å². The molecule has 1 aromatic heterocycles. The Morgan fingerprint density at radius 2 is 2.19 bits per heavy atom. The lowest BCUT2D eigenvalue weighted by Gasteiger charge is -2.41. The van der Waals surface area contributed by atoms with Crippen molar-refractivity contribution in [3.8, 4) is 5.75 Å². The van der Waals surface area contributed by atoms with Gasteiger partial charge in [-0.1, -0.05) is 0 Å². The number of carbonyl (C=O) groups is 2. The fraction of sp³-hybridized carbons (Fsp3) is 0.533. The van der Waals surface area contributed by atoms with Crippen LogP contribution in [-0.4, -0.2) is 74.7 Å². The average molecular weight is 369 g/mol. The molecule has 1 fully saturated rings. The Hall–Kier alpha value is -2.79. The molecule has 0 saturated carbocycles. The summed E-state index contributed by atoms with van der Waals surface area (Å²) in [6.07, 6.45) is 0.143. The van der Waals surface area contributed by atoms with Gasteiger partial charge in [0.2, 0.25) is 18.0 Å². The summed E-state index contributed by atoms with van der Waals surface area (Å²) in [6, 6.07) is 1.25. The first-order valence-electron chi connectivity index (χ1n) is 7.94. The molecular formula is C15H19N3O8. The van der Waals surface area contributed by atoms with E-state index < -0.39 is 18.4 Å². The molecule has 0 radical (unpaired) electrons. The van der Waals surface area contributed by atoms with Gasteiger partial charge >= 0.3 is 6.16 Å². The van der Waals surface area contributed by atoms with Crippen LogP contribution in [-0.2, 0) is 18.9 Å². The fourth-order valence-corrected chi connectivity index (χ4v) is 2.60. The van der Waals surface area contributed by atoms with Gasteiger partial charge in [0, 0.05) is 25.9 Å². The van der Waals surface area contributed by atoms with Crippen LogP contribution >= 0.6 is 0 Å². The van der Waals surface area contributed by atoms with E-state index in [0.717, 1.165) is 0 Å². The highest BCUT2D eigenvalue weighted by Gasteiger charge is 2.36. The summed E-state index contributed by atoms with van der Waals surface area (Å²) in [5, 5.41) is 0. The minimum Gasteiger partial charge on any atom is -0.451 e. The standard InChI is InChI=1S/C15H19N3O8/c1-22-6-7-24-15(21)26-9-25-13-10(19)2-3-18-12(13)14(20)17-4-5-23-8-11(17)16-18/h2-3,11,16H,4-9H2,1H3. The van der Waals surface area contributed by atoms with Gasteiger partial charge in [-0.05, 0) is 0 Å². The van der Waals surface area contributed by atoms with Crippen molar-refractivity contribution in [2.24, 2.45) is 0 Å². The van der Waals surface area contributed by atoms with Crippen molar-refractivity contribution in [2.45, 2.75) is 6.17 Å². The molecular weight excluding hydrogens is 350 g/mol. The van der Waals surface area contributed by atoms with Gasteiger partial charge in [-0.2, -0.15) is 0 Å². The predicted octanol–water partition coefficient (Wildman–Crippen LogP) is -0.660. The zero-order valence-corrected chi connectivity index (χ0v) is 14.1. The van der Waals surface area contributed by atoms with Crippen LogP contribution < -0.4 is 15.6 Å². The minimum atomic E-state index is -0.968. The van der Waals surface area contributed by atoms with E-state index in [0.29, 0.717) is 19.8 Å². The predicted molar refractivity (Wildman–Crippen MR) is 85.5 cm³/mol. The highest BCUT2D eigenvalue weighted by Crippen LogP contribution is 2.22. The third kappa shape index (κ3) is 3.73. The van der Waals surface area contributed by atoms with Crippen molar-refractivity contribution >= 4 is 12.1 Å². The van der Waals surface area contributed by atoms with Crippen LogP contribution in [0.1, 0.15) is 10.5 Å². The molecule has 26 heavy (non-hydrogen) atoms. The van der Waals surface area contributed by atoms with E-state index in [2.05, 4.69) is 5.43 Å². The molecule has 11 heteroatoms. The third-order valence-electron chi connectivity index (χ3n) is 3.82. The maximum absolute atomic E-state index is 12.7. The molecule has 3 rings (SSSR count). The highest BCUT2D eigenvalue weighted by atomic mass is 16.8. The minimum absolute atomic E-state index is 0.0273. The quantitative estimate of drug-likeness (QED) is 0.396. The van der Waals surface area contributed by atoms with Crippen molar-refractivity contribution in [3.05, 3.63) is 28.2 Å². The van der Waals surface area contributed by atoms with Gasteiger partial charge in [0.1, 0.15) is 12.8 Å². The number of amides is 1. The number of ether oxygens (including phenoxy) is 5. The van der Waals surface area contributed by atoms with Crippen LogP contribution in [0.3, 0.4) is 0 Å². The number of hydrogen-bond donors (Lipinski definition) is 1. The van der Waals surface area contributed by atoms with E-state index in [1.807, 2.05) is 0 Å². The second-order valence-electron chi connectivity index (χ2n) is 5.44. The topological polar surface area (TPSA) is 118 Å². The Balaban J connectivity index is 1.70. The molecule has 0 aromatic carbocycles. The average Bonchev–Trinajstić information content (AvgIpc) is 2.64. The van der Waals surface area contributed by atoms with Gasteiger partial charge in [-0.15, -0.1) is 0 Å². The molecule has 1 atom stereocenters. The zero-order chi connectivity index (χ0) is 18.5. The molecule has 0 aliphatic carbocycles. The first-order valence-corrected chi connectivity index (χ1v) is 7.94. The van der Waals surface area contributed by atoms with Crippen molar-refractivity contribution < 1.29 is 33.3 Å². The normalized spacial score (nSPS) is 18.4. The number of fused-ring (bicyclic) bond motifs is 2. The number of nitrogens with one attached hydrogen (secondary N) is 1. The molecule has 2 aliphatic rings. The van der Waals surface area contributed by atoms with Gasteiger partial charge in [0.05, 0.1) is 19.8 Å². The number of nitrogens with zero attached hydrogens (tertiary/aromatic N) is 2. The van der Waals surface area contributed by atoms with Crippen LogP contribution in [0.4, 0.5) is 4.79 Å². The van der Waals surface area contributed by atoms with Crippen LogP contribution in [0.5, 0.6) is 5.75 Å². The van der Waals surface area contributed by atoms with Crippen LogP contribution in [0.2, 0.25) is 0 Å². The lowest BCUT2D eigenvalue weighted by atomic mass is 10.2. The van der Waals surface area contributed by atoms with Gasteiger partial charge in [0.25, 0.3) is 5.91 Å². The maximum atomic E-state index is 12.7. The molecule has 142 valence electrons. The summed E-state index contributed by atoms with van der Waals surface area (Å²) >= 11 is 0. The number of methoxy groups -OCH3 is 1. The summed E-state index contributed by atoms with van der Waals surface area (Å²) in [5.41, 5.74) is 2.59. The van der Waals surface area contributed by atoms with E-state index in [1.54, 1.807) is 4.90 Å². The third-order valence-corrected chi connectivity index (χ3v) is 3.82. The van der Waals surface area contributed by atoms with Gasteiger partial charge in [-0.3, -0.25) is 14.3 Å². The number of pyridine rings is 1. The van der Waals surface area contributed by atoms with Crippen molar-refractivity contribution in [2.75, 3.05) is 52.3 Å². The van der Waals surface area contributed by atoms with Crippen LogP contribution in [0.25, 0.3) is 0 Å². The summed E-state index contributed by atoms with van der Waals surface area (Å²) in [7, 11) is 1.47. The van der Waals surface area contributed by atoms with Crippen LogP contribution in [0.15, 0.2) is 17.1 Å². The first kappa shape index (κ1) is 18.0. The largest absolute Gasteiger partial charge is 0.511 e. The fourth-order valence-electron chi connectivity index (χ4n) is 2.60. The second kappa shape index (κ2) is 8.06. The molecule has 1 aromatic rings. The molecule has 0 bridgehead atoms. The molecule has 3 heterocycles. The van der Waals surface area contributed by atoms with Crippen molar-refractivity contribution in [1.82, 2.24) is 9.58 Å². The Morgan fingerprint density at radius 3 is 3.00 bits per heavy atom. The van der Waals surface area contributed by atoms with E-state index in [9.17, 15) is 14.4 Å². The Kier molecular flexibility index (Phi) is 5.58. The zero-order valence-electron chi connectivity index (χ0n) is 14.1. The lowest BCUT2D eigenvalue weighted by Crippen LogP contribution is -2.59. The van der Waals surface area contributed by atoms with E-state index >= 15 is 0 Å². The molecule has 0 spiro atoms. The van der Waals surface area contributed by atoms with E-state index in [-0.39, 0.29) is 36.7 Å². The number of hydrogen-bond acceptors (Lipinski definition) is 9. The molecule has 1 saturated heterocycles. The SMILES string of the molecule is COCCOC(=O)OCOc1c2n(ccc1=O)NC1COCCN1C2=O. The Bertz CT molecular complexity index is 734. The lowest BCUT2D eigenvalue weighted by molar-refractivity contribution is -0.00914. The summed E-state index contributed by atoms with van der Waals surface area (Å²) in [5.74, 6) is -0.577. The van der Waals surface area contributed by atoms with E-state index in [1.165, 1.54) is 24.0 Å². The molecule has 2 aliphatic heterocycles. The summed E-state index contributed by atoms with van der Waals surface area (Å²) < 4.78 is 26.2. The second-order valence-corrected chi connectivity index (χ2v) is 5.44. The van der Waals surface area contributed by atoms with Gasteiger partial charge < -0.3 is 34.0 Å². The summed E-state index contributed by atoms with van der Waals surface area (Å²) in [4.78, 5) is 37.8. The van der Waals surface area contributed by atoms with E-state index in [4.69, 9.17) is 23.7 Å². The molecule has 1 N–H and O–H groups in total. The smallest absolute Gasteiger partial charge is 0.451 e. The monoisotopic (exact) mass is 369 g/mol. The first-order chi connectivity index (χ1) is 12.6. The van der Waals surface area contributed by atoms with Crippen molar-refractivity contribution in [1.29, 1.82) is 0 Å². The van der Waals surface area contributed by atoms with Crippen LogP contribution in [0, 0.1) is 0 Å². The number of morpholine rings is 1. The maximum Gasteiger partial charge on any atom is 0.511 e. The highest BCUT2D eigenvalue weighted by molar-refractivity contribution is 5.96. The summed E-state index contributed by atoms with van der Waals surface area (Å²) in [6.45, 7) is 0.820. The molecule has 1 unspecified atom stereocenters. The van der Waals surface area contributed by atoms with Crippen molar-refractivity contribution in [3.63, 3.8) is 0 Å². The number of rotatable bonds is 6. The molecule has 1 amide bonds. The van der Waals surface area contributed by atoms with Gasteiger partial charge in [0.15, 0.2) is 5.69 Å². The number of aromatic nitrogens is 1. The number of carbonyl (C=O) groups excluding carboxylic acids is 2. The Morgan fingerprint density at radius 1 is 1.35 bits per heavy atom.